The third-order valence-corrected chi connectivity index (χ3v) is 6.24. The molecule has 0 aliphatic heterocycles. The molecule has 1 fully saturated rings. The number of carbonyl (C=O) groups is 2. The summed E-state index contributed by atoms with van der Waals surface area (Å²) < 4.78 is 11.1. The summed E-state index contributed by atoms with van der Waals surface area (Å²) in [6.07, 6.45) is 4.26. The summed E-state index contributed by atoms with van der Waals surface area (Å²) in [5, 5.41) is 3.01. The first-order valence-electron chi connectivity index (χ1n) is 10.6. The number of nitrogens with zero attached hydrogens (tertiary/aromatic N) is 1. The first-order valence-corrected chi connectivity index (χ1v) is 11.4. The first kappa shape index (κ1) is 24.5. The van der Waals surface area contributed by atoms with Gasteiger partial charge in [0, 0.05) is 29.3 Å². The Balaban J connectivity index is 1.92. The zero-order chi connectivity index (χ0) is 22.5. The van der Waals surface area contributed by atoms with Crippen LogP contribution in [0.3, 0.4) is 0 Å². The minimum atomic E-state index is -0.332. The van der Waals surface area contributed by atoms with Crippen molar-refractivity contribution in [3.05, 3.63) is 27.7 Å². The Bertz CT molecular complexity index is 752. The highest BCUT2D eigenvalue weighted by Crippen LogP contribution is 2.33. The van der Waals surface area contributed by atoms with E-state index in [0.29, 0.717) is 18.2 Å². The van der Waals surface area contributed by atoms with E-state index < -0.39 is 0 Å². The van der Waals surface area contributed by atoms with Crippen molar-refractivity contribution in [1.29, 1.82) is 0 Å². The van der Waals surface area contributed by atoms with Gasteiger partial charge in [0.25, 0.3) is 0 Å². The molecule has 168 valence electrons. The number of amides is 1. The summed E-state index contributed by atoms with van der Waals surface area (Å²) in [6, 6.07) is 4.33. The molecule has 6 nitrogen and oxygen atoms in total. The Hall–Kier alpha value is -1.76. The molecular formula is C23H35BrN2O4. The molecule has 1 saturated carbocycles. The molecule has 0 atom stereocenters. The van der Waals surface area contributed by atoms with Crippen LogP contribution in [0.25, 0.3) is 0 Å². The highest BCUT2D eigenvalue weighted by molar-refractivity contribution is 9.10. The lowest BCUT2D eigenvalue weighted by molar-refractivity contribution is 0.0599. The van der Waals surface area contributed by atoms with Crippen LogP contribution >= 0.6 is 15.9 Å². The predicted molar refractivity (Wildman–Crippen MR) is 123 cm³/mol. The average Bonchev–Trinajstić information content (AvgIpc) is 2.68. The van der Waals surface area contributed by atoms with Crippen molar-refractivity contribution in [1.82, 2.24) is 5.32 Å². The second-order valence-corrected chi connectivity index (χ2v) is 10.2. The van der Waals surface area contributed by atoms with Crippen LogP contribution in [-0.4, -0.2) is 44.9 Å². The van der Waals surface area contributed by atoms with Gasteiger partial charge in [-0.3, -0.25) is 0 Å². The average molecular weight is 483 g/mol. The second kappa shape index (κ2) is 10.5. The Morgan fingerprint density at radius 3 is 2.40 bits per heavy atom. The van der Waals surface area contributed by atoms with Crippen molar-refractivity contribution in [2.24, 2.45) is 5.41 Å². The van der Waals surface area contributed by atoms with Gasteiger partial charge < -0.3 is 19.7 Å². The molecule has 0 spiro atoms. The number of esters is 1. The normalized spacial score (nSPS) is 19.2. The number of hydrogen-bond acceptors (Lipinski definition) is 5. The van der Waals surface area contributed by atoms with Crippen molar-refractivity contribution in [3.8, 4) is 0 Å². The molecule has 7 heteroatoms. The number of rotatable bonds is 6. The minimum absolute atomic E-state index is 0.144. The molecule has 1 aromatic carbocycles. The fourth-order valence-corrected chi connectivity index (χ4v) is 4.26. The van der Waals surface area contributed by atoms with Crippen molar-refractivity contribution >= 4 is 33.7 Å². The lowest BCUT2D eigenvalue weighted by Crippen LogP contribution is -2.43. The summed E-state index contributed by atoms with van der Waals surface area (Å²) in [5.74, 6) is -0.332. The zero-order valence-electron chi connectivity index (χ0n) is 19.0. The smallest absolute Gasteiger partial charge is 0.407 e. The maximum Gasteiger partial charge on any atom is 0.407 e. The van der Waals surface area contributed by atoms with Gasteiger partial charge in [-0.05, 0) is 62.1 Å². The number of anilines is 1. The summed E-state index contributed by atoms with van der Waals surface area (Å²) in [6.45, 7) is 8.79. The van der Waals surface area contributed by atoms with Crippen molar-refractivity contribution in [3.63, 3.8) is 0 Å². The lowest BCUT2D eigenvalue weighted by Gasteiger charge is -2.37. The summed E-state index contributed by atoms with van der Waals surface area (Å²) in [7, 11) is 3.46. The summed E-state index contributed by atoms with van der Waals surface area (Å²) in [4.78, 5) is 26.4. The molecule has 0 aromatic heterocycles. The predicted octanol–water partition coefficient (Wildman–Crippen LogP) is 5.45. The van der Waals surface area contributed by atoms with E-state index in [-0.39, 0.29) is 23.5 Å². The van der Waals surface area contributed by atoms with Crippen molar-refractivity contribution < 1.29 is 19.1 Å². The van der Waals surface area contributed by atoms with Crippen LogP contribution in [-0.2, 0) is 9.47 Å². The van der Waals surface area contributed by atoms with Crippen LogP contribution in [0.5, 0.6) is 0 Å². The Morgan fingerprint density at radius 1 is 1.20 bits per heavy atom. The van der Waals surface area contributed by atoms with Crippen LogP contribution in [0.15, 0.2) is 16.6 Å². The second-order valence-electron chi connectivity index (χ2n) is 9.30. The largest absolute Gasteiger partial charge is 0.465 e. The first-order chi connectivity index (χ1) is 14.0. The highest BCUT2D eigenvalue weighted by Gasteiger charge is 2.27. The molecule has 1 N–H and O–H groups in total. The number of ether oxygens (including phenoxy) is 2. The third kappa shape index (κ3) is 6.89. The lowest BCUT2D eigenvalue weighted by atomic mass is 9.89. The molecule has 0 heterocycles. The van der Waals surface area contributed by atoms with Crippen LogP contribution in [0.1, 0.15) is 68.8 Å². The van der Waals surface area contributed by atoms with Gasteiger partial charge in [0.2, 0.25) is 0 Å². The molecule has 1 amide bonds. The van der Waals surface area contributed by atoms with E-state index in [2.05, 4.69) is 54.0 Å². The Kier molecular flexibility index (Phi) is 8.59. The van der Waals surface area contributed by atoms with Gasteiger partial charge in [-0.2, -0.15) is 0 Å². The standard InChI is InChI=1S/C23H35BrN2O4/c1-15-19(21(27)29-6)13-16(24)14-20(15)26(5)18-9-7-17(8-10-18)25-22(28)30-12-11-23(2,3)4/h13-14,17-18H,7-12H2,1-6H3,(H,25,28). The monoisotopic (exact) mass is 482 g/mol. The number of benzene rings is 1. The van der Waals surface area contributed by atoms with E-state index >= 15 is 0 Å². The molecule has 0 saturated heterocycles. The number of hydrogen-bond donors (Lipinski definition) is 1. The number of nitrogens with one attached hydrogen (secondary N) is 1. The van der Waals surface area contributed by atoms with Crippen LogP contribution in [0.2, 0.25) is 0 Å². The van der Waals surface area contributed by atoms with Gasteiger partial charge in [-0.1, -0.05) is 36.7 Å². The molecule has 0 radical (unpaired) electrons. The summed E-state index contributed by atoms with van der Waals surface area (Å²) in [5.41, 5.74) is 2.65. The fraction of sp³-hybridized carbons (Fsp3) is 0.652. The maximum atomic E-state index is 12.1. The fourth-order valence-electron chi connectivity index (χ4n) is 3.82. The molecule has 1 aliphatic carbocycles. The molecule has 1 aliphatic rings. The van der Waals surface area contributed by atoms with Crippen LogP contribution < -0.4 is 10.2 Å². The topological polar surface area (TPSA) is 67.9 Å². The van der Waals surface area contributed by atoms with Gasteiger partial charge in [0.15, 0.2) is 0 Å². The van der Waals surface area contributed by atoms with E-state index in [9.17, 15) is 9.59 Å². The SMILES string of the molecule is COC(=O)c1cc(Br)cc(N(C)C2CCC(NC(=O)OCCC(C)(C)C)CC2)c1C. The van der Waals surface area contributed by atoms with Crippen LogP contribution in [0.4, 0.5) is 10.5 Å². The number of halogens is 1. The molecular weight excluding hydrogens is 448 g/mol. The molecule has 0 unspecified atom stereocenters. The zero-order valence-corrected chi connectivity index (χ0v) is 20.6. The Morgan fingerprint density at radius 2 is 1.83 bits per heavy atom. The van der Waals surface area contributed by atoms with Crippen LogP contribution in [0, 0.1) is 12.3 Å². The van der Waals surface area contributed by atoms with Gasteiger partial charge >= 0.3 is 12.1 Å². The van der Waals surface area contributed by atoms with Gasteiger partial charge in [-0.15, -0.1) is 0 Å². The van der Waals surface area contributed by atoms with E-state index in [1.165, 1.54) is 7.11 Å². The minimum Gasteiger partial charge on any atom is -0.465 e. The van der Waals surface area contributed by atoms with Gasteiger partial charge in [-0.25, -0.2) is 9.59 Å². The number of carbonyl (C=O) groups excluding carboxylic acids is 2. The number of methoxy groups -OCH3 is 1. The van der Waals surface area contributed by atoms with E-state index in [0.717, 1.165) is 47.8 Å². The number of alkyl carbamates (subject to hydrolysis) is 1. The van der Waals surface area contributed by atoms with E-state index in [1.807, 2.05) is 13.0 Å². The van der Waals surface area contributed by atoms with E-state index in [1.54, 1.807) is 6.07 Å². The maximum absolute atomic E-state index is 12.1. The van der Waals surface area contributed by atoms with Gasteiger partial charge in [0.1, 0.15) is 0 Å². The Labute approximate surface area is 188 Å². The van der Waals surface area contributed by atoms with E-state index in [4.69, 9.17) is 9.47 Å². The van der Waals surface area contributed by atoms with Gasteiger partial charge in [0.05, 0.1) is 19.3 Å². The third-order valence-electron chi connectivity index (χ3n) is 5.78. The van der Waals surface area contributed by atoms with Crippen molar-refractivity contribution in [2.75, 3.05) is 25.7 Å². The highest BCUT2D eigenvalue weighted by atomic mass is 79.9. The molecule has 30 heavy (non-hydrogen) atoms. The quantitative estimate of drug-likeness (QED) is 0.545. The van der Waals surface area contributed by atoms with Crippen molar-refractivity contribution in [2.45, 2.75) is 71.9 Å². The molecule has 0 bridgehead atoms. The molecule has 1 aromatic rings. The summed E-state index contributed by atoms with van der Waals surface area (Å²) >= 11 is 3.51. The molecule has 2 rings (SSSR count).